The number of fused-ring (bicyclic) bond motifs is 1. The van der Waals surface area contributed by atoms with Gasteiger partial charge in [0, 0.05) is 6.42 Å². The molecule has 1 aliphatic heterocycles. The number of rotatable bonds is 3. The van der Waals surface area contributed by atoms with Gasteiger partial charge in [0.15, 0.2) is 11.5 Å². The average molecular weight is 352 g/mol. The molecule has 1 heterocycles. The summed E-state index contributed by atoms with van der Waals surface area (Å²) < 4.78 is 15.1. The van der Waals surface area contributed by atoms with Crippen LogP contribution in [0, 0.1) is 5.41 Å². The van der Waals surface area contributed by atoms with E-state index in [1.807, 2.05) is 0 Å². The molecule has 1 aromatic carbocycles. The fourth-order valence-electron chi connectivity index (χ4n) is 2.18. The monoisotopic (exact) mass is 350 g/mol. The van der Waals surface area contributed by atoms with Gasteiger partial charge < -0.3 is 14.2 Å². The van der Waals surface area contributed by atoms with Gasteiger partial charge in [-0.1, -0.05) is 11.6 Å². The number of benzene rings is 1. The van der Waals surface area contributed by atoms with Gasteiger partial charge in [-0.3, -0.25) is 4.79 Å². The lowest BCUT2D eigenvalue weighted by atomic mass is 10.1. The Balaban J connectivity index is 1.69. The zero-order valence-electron chi connectivity index (χ0n) is 11.3. The zero-order chi connectivity index (χ0) is 15.3. The van der Waals surface area contributed by atoms with Crippen LogP contribution in [-0.2, 0) is 16.1 Å². The molecule has 1 saturated carbocycles. The first-order chi connectivity index (χ1) is 9.83. The Kier molecular flexibility index (Phi) is 3.67. The Labute approximate surface area is 137 Å². The maximum atomic E-state index is 12.0. The van der Waals surface area contributed by atoms with Crippen molar-refractivity contribution >= 4 is 40.8 Å². The standard InChI is InChI=1S/C14H13Cl3O4/c1-13(7-14(13,16)17)12(18)21-6-8-4-9(15)11-10(5-8)19-2-3-20-11/h4-5H,2-3,6-7H2,1H3/t13-/m0/s1. The molecule has 0 bridgehead atoms. The summed E-state index contributed by atoms with van der Waals surface area (Å²) in [5.74, 6) is 0.660. The van der Waals surface area contributed by atoms with Gasteiger partial charge in [0.25, 0.3) is 0 Å². The third-order valence-corrected chi connectivity index (χ3v) is 5.12. The smallest absolute Gasteiger partial charge is 0.315 e. The van der Waals surface area contributed by atoms with Crippen LogP contribution >= 0.6 is 34.8 Å². The van der Waals surface area contributed by atoms with Crippen LogP contribution in [-0.4, -0.2) is 23.5 Å². The van der Waals surface area contributed by atoms with Gasteiger partial charge in [-0.25, -0.2) is 0 Å². The highest BCUT2D eigenvalue weighted by Crippen LogP contribution is 2.64. The molecule has 1 aromatic rings. The molecule has 114 valence electrons. The topological polar surface area (TPSA) is 44.8 Å². The summed E-state index contributed by atoms with van der Waals surface area (Å²) >= 11 is 18.0. The van der Waals surface area contributed by atoms with E-state index in [2.05, 4.69) is 0 Å². The molecule has 1 atom stereocenters. The summed E-state index contributed by atoms with van der Waals surface area (Å²) in [5.41, 5.74) is -0.120. The van der Waals surface area contributed by atoms with Gasteiger partial charge in [-0.15, -0.1) is 23.2 Å². The summed E-state index contributed by atoms with van der Waals surface area (Å²) in [7, 11) is 0. The Morgan fingerprint density at radius 2 is 2.00 bits per heavy atom. The van der Waals surface area contributed by atoms with E-state index in [9.17, 15) is 4.79 Å². The second kappa shape index (κ2) is 5.11. The third kappa shape index (κ3) is 2.65. The van der Waals surface area contributed by atoms with Crippen molar-refractivity contribution < 1.29 is 19.0 Å². The fourth-order valence-corrected chi connectivity index (χ4v) is 3.15. The van der Waals surface area contributed by atoms with E-state index in [-0.39, 0.29) is 6.61 Å². The second-order valence-electron chi connectivity index (χ2n) is 5.39. The Morgan fingerprint density at radius 3 is 2.67 bits per heavy atom. The molecule has 0 amide bonds. The summed E-state index contributed by atoms with van der Waals surface area (Å²) in [5, 5.41) is 0.430. The number of alkyl halides is 2. The van der Waals surface area contributed by atoms with Crippen molar-refractivity contribution in [2.75, 3.05) is 13.2 Å². The van der Waals surface area contributed by atoms with Gasteiger partial charge in [0.05, 0.1) is 5.02 Å². The molecule has 3 rings (SSSR count). The van der Waals surface area contributed by atoms with Crippen LogP contribution in [0.4, 0.5) is 0 Å². The van der Waals surface area contributed by atoms with Crippen molar-refractivity contribution in [3.63, 3.8) is 0 Å². The minimum Gasteiger partial charge on any atom is -0.486 e. The van der Waals surface area contributed by atoms with Gasteiger partial charge in [0.2, 0.25) is 0 Å². The van der Waals surface area contributed by atoms with Crippen LogP contribution in [0.25, 0.3) is 0 Å². The molecule has 2 aliphatic rings. The predicted molar refractivity (Wildman–Crippen MR) is 79.4 cm³/mol. The molecule has 0 spiro atoms. The van der Waals surface area contributed by atoms with Crippen molar-refractivity contribution in [2.24, 2.45) is 5.41 Å². The number of hydrogen-bond acceptors (Lipinski definition) is 4. The maximum Gasteiger partial charge on any atom is 0.315 e. The molecule has 0 aromatic heterocycles. The van der Waals surface area contributed by atoms with E-state index >= 15 is 0 Å². The number of carbonyl (C=O) groups is 1. The molecule has 0 unspecified atom stereocenters. The summed E-state index contributed by atoms with van der Waals surface area (Å²) in [6.07, 6.45) is 0.393. The molecular weight excluding hydrogens is 339 g/mol. The highest BCUT2D eigenvalue weighted by molar-refractivity contribution is 6.53. The first-order valence-electron chi connectivity index (χ1n) is 6.46. The van der Waals surface area contributed by atoms with E-state index in [1.165, 1.54) is 0 Å². The van der Waals surface area contributed by atoms with Crippen molar-refractivity contribution in [1.82, 2.24) is 0 Å². The van der Waals surface area contributed by atoms with Crippen LogP contribution in [0.3, 0.4) is 0 Å². The minimum atomic E-state index is -1.03. The van der Waals surface area contributed by atoms with Crippen LogP contribution < -0.4 is 9.47 Å². The largest absolute Gasteiger partial charge is 0.486 e. The number of ether oxygens (including phenoxy) is 3. The summed E-state index contributed by atoms with van der Waals surface area (Å²) in [4.78, 5) is 12.0. The average Bonchev–Trinajstić information content (AvgIpc) is 2.96. The number of hydrogen-bond donors (Lipinski definition) is 0. The molecule has 1 aliphatic carbocycles. The van der Waals surface area contributed by atoms with Crippen LogP contribution in [0.2, 0.25) is 5.02 Å². The molecular formula is C14H13Cl3O4. The van der Waals surface area contributed by atoms with Gasteiger partial charge in [0.1, 0.15) is 29.6 Å². The lowest BCUT2D eigenvalue weighted by Gasteiger charge is -2.20. The minimum absolute atomic E-state index is 0.0780. The highest BCUT2D eigenvalue weighted by atomic mass is 35.5. The zero-order valence-corrected chi connectivity index (χ0v) is 13.5. The van der Waals surface area contributed by atoms with E-state index in [0.717, 1.165) is 5.56 Å². The molecule has 0 saturated heterocycles. The van der Waals surface area contributed by atoms with Crippen LogP contribution in [0.15, 0.2) is 12.1 Å². The normalized spacial score (nSPS) is 25.3. The predicted octanol–water partition coefficient (Wildman–Crippen LogP) is 3.74. The van der Waals surface area contributed by atoms with E-state index in [0.29, 0.717) is 36.2 Å². The van der Waals surface area contributed by atoms with E-state index in [1.54, 1.807) is 19.1 Å². The molecule has 0 radical (unpaired) electrons. The van der Waals surface area contributed by atoms with Gasteiger partial charge >= 0.3 is 5.97 Å². The van der Waals surface area contributed by atoms with Crippen molar-refractivity contribution in [2.45, 2.75) is 24.3 Å². The molecule has 21 heavy (non-hydrogen) atoms. The van der Waals surface area contributed by atoms with Crippen molar-refractivity contribution in [1.29, 1.82) is 0 Å². The lowest BCUT2D eigenvalue weighted by Crippen LogP contribution is -2.21. The van der Waals surface area contributed by atoms with E-state index in [4.69, 9.17) is 49.0 Å². The molecule has 0 N–H and O–H groups in total. The Bertz CT molecular complexity index is 602. The summed E-state index contributed by atoms with van der Waals surface area (Å²) in [6, 6.07) is 3.43. The second-order valence-corrected chi connectivity index (χ2v) is 7.28. The number of esters is 1. The SMILES string of the molecule is C[C@@]1(C(=O)OCc2cc(Cl)c3c(c2)OCCO3)CC1(Cl)Cl. The summed E-state index contributed by atoms with van der Waals surface area (Å²) in [6.45, 7) is 2.69. The van der Waals surface area contributed by atoms with Gasteiger partial charge in [-0.05, 0) is 24.6 Å². The first-order valence-corrected chi connectivity index (χ1v) is 7.60. The Hall–Kier alpha value is -0.840. The van der Waals surface area contributed by atoms with Crippen LogP contribution in [0.1, 0.15) is 18.9 Å². The number of carbonyl (C=O) groups excluding carboxylic acids is 1. The number of halogens is 3. The van der Waals surface area contributed by atoms with Gasteiger partial charge in [-0.2, -0.15) is 0 Å². The van der Waals surface area contributed by atoms with E-state index < -0.39 is 15.7 Å². The first kappa shape index (κ1) is 15.1. The highest BCUT2D eigenvalue weighted by Gasteiger charge is 2.69. The molecule has 1 fully saturated rings. The maximum absolute atomic E-state index is 12.0. The fraction of sp³-hybridized carbons (Fsp3) is 0.500. The van der Waals surface area contributed by atoms with Crippen molar-refractivity contribution in [3.05, 3.63) is 22.7 Å². The quantitative estimate of drug-likeness (QED) is 0.615. The molecule has 7 heteroatoms. The Morgan fingerprint density at radius 1 is 1.33 bits per heavy atom. The third-order valence-electron chi connectivity index (χ3n) is 3.73. The van der Waals surface area contributed by atoms with Crippen molar-refractivity contribution in [3.8, 4) is 11.5 Å². The lowest BCUT2D eigenvalue weighted by molar-refractivity contribution is -0.150. The van der Waals surface area contributed by atoms with Crippen LogP contribution in [0.5, 0.6) is 11.5 Å². The molecule has 4 nitrogen and oxygen atoms in total.